The molecule has 1 fully saturated rings. The smallest absolute Gasteiger partial charge is 0.332 e. The summed E-state index contributed by atoms with van der Waals surface area (Å²) in [5, 5.41) is 8.08. The summed E-state index contributed by atoms with van der Waals surface area (Å²) in [6.45, 7) is 3.65. The molecule has 0 spiro atoms. The van der Waals surface area contributed by atoms with Gasteiger partial charge in [0, 0.05) is 11.3 Å². The average molecular weight is 299 g/mol. The molecule has 3 N–H and O–H groups in total. The van der Waals surface area contributed by atoms with Gasteiger partial charge in [-0.25, -0.2) is 18.6 Å². The predicted octanol–water partition coefficient (Wildman–Crippen LogP) is -0.138. The number of nitrogens with two attached hydrogens (primary N) is 1. The van der Waals surface area contributed by atoms with Gasteiger partial charge in [-0.05, 0) is 20.3 Å². The third-order valence-corrected chi connectivity index (χ3v) is 5.05. The molecule has 1 aromatic rings. The number of primary amides is 1. The number of sulfone groups is 1. The van der Waals surface area contributed by atoms with E-state index >= 15 is 0 Å². The highest BCUT2D eigenvalue weighted by Gasteiger charge is 2.31. The lowest BCUT2D eigenvalue weighted by Gasteiger charge is -2.10. The van der Waals surface area contributed by atoms with Crippen LogP contribution in [-0.4, -0.2) is 41.9 Å². The fourth-order valence-electron chi connectivity index (χ4n) is 2.35. The summed E-state index contributed by atoms with van der Waals surface area (Å²) < 4.78 is 24.8. The highest BCUT2D eigenvalue weighted by molar-refractivity contribution is 7.91. The first kappa shape index (κ1) is 14.5. The van der Waals surface area contributed by atoms with E-state index in [-0.39, 0.29) is 17.5 Å². The van der Waals surface area contributed by atoms with E-state index in [2.05, 4.69) is 15.6 Å². The van der Waals surface area contributed by atoms with E-state index in [1.54, 1.807) is 11.6 Å². The van der Waals surface area contributed by atoms with Crippen molar-refractivity contribution in [3.05, 3.63) is 17.0 Å². The molecular formula is C11H17N5O3S. The molecule has 0 aromatic carbocycles. The first-order valence-electron chi connectivity index (χ1n) is 6.15. The number of hydrogen-bond donors (Lipinski definition) is 2. The van der Waals surface area contributed by atoms with Crippen LogP contribution in [0, 0.1) is 13.8 Å². The maximum absolute atomic E-state index is 11.5. The van der Waals surface area contributed by atoms with Gasteiger partial charge in [0.25, 0.3) is 0 Å². The van der Waals surface area contributed by atoms with Crippen molar-refractivity contribution in [3.63, 3.8) is 0 Å². The van der Waals surface area contributed by atoms with Crippen LogP contribution < -0.4 is 11.2 Å². The zero-order chi connectivity index (χ0) is 14.9. The third kappa shape index (κ3) is 2.98. The Morgan fingerprint density at radius 2 is 2.25 bits per heavy atom. The number of nitrogens with one attached hydrogen (secondary N) is 1. The minimum Gasteiger partial charge on any atom is -0.350 e. The Balaban J connectivity index is 2.25. The second kappa shape index (κ2) is 5.23. The molecule has 1 aliphatic rings. The van der Waals surface area contributed by atoms with Gasteiger partial charge in [-0.15, -0.1) is 0 Å². The van der Waals surface area contributed by atoms with E-state index in [1.807, 2.05) is 6.92 Å². The number of hydrogen-bond acceptors (Lipinski definition) is 5. The Morgan fingerprint density at radius 3 is 2.80 bits per heavy atom. The van der Waals surface area contributed by atoms with Crippen molar-refractivity contribution >= 4 is 22.1 Å². The highest BCUT2D eigenvalue weighted by Crippen LogP contribution is 2.26. The lowest BCUT2D eigenvalue weighted by molar-refractivity contribution is 0.249. The molecule has 2 heterocycles. The van der Waals surface area contributed by atoms with E-state index in [0.717, 1.165) is 17.0 Å². The molecule has 9 heteroatoms. The second-order valence-electron chi connectivity index (χ2n) is 4.82. The number of amides is 2. The maximum Gasteiger partial charge on any atom is 0.332 e. The molecule has 0 bridgehead atoms. The number of urea groups is 1. The molecule has 2 amide bonds. The number of carbonyl (C=O) groups excluding carboxylic acids is 1. The quantitative estimate of drug-likeness (QED) is 0.596. The van der Waals surface area contributed by atoms with Gasteiger partial charge < -0.3 is 5.73 Å². The van der Waals surface area contributed by atoms with Crippen LogP contribution in [0.5, 0.6) is 0 Å². The molecule has 8 nitrogen and oxygen atoms in total. The Bertz CT molecular complexity index is 662. The number of aryl methyl sites for hydroxylation is 1. The van der Waals surface area contributed by atoms with Crippen molar-refractivity contribution in [2.24, 2.45) is 10.8 Å². The molecule has 20 heavy (non-hydrogen) atoms. The van der Waals surface area contributed by atoms with Crippen molar-refractivity contribution in [1.82, 2.24) is 15.2 Å². The van der Waals surface area contributed by atoms with Crippen molar-refractivity contribution in [3.8, 4) is 0 Å². The number of carbonyl (C=O) groups is 1. The first-order valence-corrected chi connectivity index (χ1v) is 7.97. The molecular weight excluding hydrogens is 282 g/mol. The molecule has 2 rings (SSSR count). The SMILES string of the molecule is Cc1nn([C@@H]2CCS(=O)(=O)C2)c(C)c1/C=N\NC(N)=O. The van der Waals surface area contributed by atoms with Gasteiger partial charge in [-0.2, -0.15) is 10.2 Å². The molecule has 1 atom stereocenters. The van der Waals surface area contributed by atoms with E-state index in [9.17, 15) is 13.2 Å². The lowest BCUT2D eigenvalue weighted by atomic mass is 10.2. The monoisotopic (exact) mass is 299 g/mol. The molecule has 0 aliphatic carbocycles. The topological polar surface area (TPSA) is 119 Å². The number of hydrazone groups is 1. The summed E-state index contributed by atoms with van der Waals surface area (Å²) in [5.41, 5.74) is 9.33. The van der Waals surface area contributed by atoms with Crippen molar-refractivity contribution < 1.29 is 13.2 Å². The van der Waals surface area contributed by atoms with Crippen molar-refractivity contribution in [2.75, 3.05) is 11.5 Å². The lowest BCUT2D eigenvalue weighted by Crippen LogP contribution is -2.24. The van der Waals surface area contributed by atoms with Crippen LogP contribution in [0.3, 0.4) is 0 Å². The molecule has 0 unspecified atom stereocenters. The zero-order valence-corrected chi connectivity index (χ0v) is 12.1. The van der Waals surface area contributed by atoms with Crippen molar-refractivity contribution in [1.29, 1.82) is 0 Å². The van der Waals surface area contributed by atoms with E-state index in [1.165, 1.54) is 6.21 Å². The van der Waals surface area contributed by atoms with Gasteiger partial charge >= 0.3 is 6.03 Å². The van der Waals surface area contributed by atoms with Crippen LogP contribution in [0.25, 0.3) is 0 Å². The van der Waals surface area contributed by atoms with Crippen LogP contribution in [0.1, 0.15) is 29.4 Å². The van der Waals surface area contributed by atoms with Gasteiger partial charge in [-0.3, -0.25) is 4.68 Å². The van der Waals surface area contributed by atoms with Crippen molar-refractivity contribution in [2.45, 2.75) is 26.3 Å². The maximum atomic E-state index is 11.5. The largest absolute Gasteiger partial charge is 0.350 e. The summed E-state index contributed by atoms with van der Waals surface area (Å²) in [4.78, 5) is 10.6. The standard InChI is InChI=1S/C11H17N5O3S/c1-7-10(5-13-14-11(12)17)8(2)16(15-7)9-3-4-20(18,19)6-9/h5,9H,3-4,6H2,1-2H3,(H3,12,14,17)/b13-5-/t9-/m1/s1. The van der Waals surface area contributed by atoms with E-state index in [0.29, 0.717) is 6.42 Å². The summed E-state index contributed by atoms with van der Waals surface area (Å²) in [6.07, 6.45) is 2.03. The van der Waals surface area contributed by atoms with Gasteiger partial charge in [0.15, 0.2) is 9.84 Å². The third-order valence-electron chi connectivity index (χ3n) is 3.30. The molecule has 0 radical (unpaired) electrons. The summed E-state index contributed by atoms with van der Waals surface area (Å²) >= 11 is 0. The molecule has 1 aliphatic heterocycles. The molecule has 110 valence electrons. The van der Waals surface area contributed by atoms with E-state index < -0.39 is 15.9 Å². The van der Waals surface area contributed by atoms with Gasteiger partial charge in [0.2, 0.25) is 0 Å². The summed E-state index contributed by atoms with van der Waals surface area (Å²) in [7, 11) is -2.96. The second-order valence-corrected chi connectivity index (χ2v) is 7.05. The highest BCUT2D eigenvalue weighted by atomic mass is 32.2. The number of aromatic nitrogens is 2. The number of rotatable bonds is 3. The zero-order valence-electron chi connectivity index (χ0n) is 11.3. The number of nitrogens with zero attached hydrogens (tertiary/aromatic N) is 3. The Labute approximate surface area is 116 Å². The summed E-state index contributed by atoms with van der Waals surface area (Å²) in [5.74, 6) is 0.313. The van der Waals surface area contributed by atoms with Crippen LogP contribution in [0.2, 0.25) is 0 Å². The minimum atomic E-state index is -2.96. The predicted molar refractivity (Wildman–Crippen MR) is 74.3 cm³/mol. The molecule has 1 saturated heterocycles. The Kier molecular flexibility index (Phi) is 3.80. The Morgan fingerprint density at radius 1 is 1.55 bits per heavy atom. The van der Waals surface area contributed by atoms with Gasteiger partial charge in [0.05, 0.1) is 29.5 Å². The fourth-order valence-corrected chi connectivity index (χ4v) is 4.04. The minimum absolute atomic E-state index is 0.116. The van der Waals surface area contributed by atoms with Gasteiger partial charge in [-0.1, -0.05) is 0 Å². The van der Waals surface area contributed by atoms with Crippen LogP contribution >= 0.6 is 0 Å². The average Bonchev–Trinajstić information content (AvgIpc) is 2.82. The van der Waals surface area contributed by atoms with Crippen LogP contribution in [0.15, 0.2) is 5.10 Å². The summed E-state index contributed by atoms with van der Waals surface area (Å²) in [6, 6.07) is -0.879. The van der Waals surface area contributed by atoms with Crippen LogP contribution in [-0.2, 0) is 9.84 Å². The first-order chi connectivity index (χ1) is 9.30. The molecule has 0 saturated carbocycles. The van der Waals surface area contributed by atoms with Crippen LogP contribution in [0.4, 0.5) is 4.79 Å². The fraction of sp³-hybridized carbons (Fsp3) is 0.545. The van der Waals surface area contributed by atoms with E-state index in [4.69, 9.17) is 5.73 Å². The van der Waals surface area contributed by atoms with Gasteiger partial charge in [0.1, 0.15) is 0 Å². The molecule has 1 aromatic heterocycles. The normalized spacial score (nSPS) is 21.4. The Hall–Kier alpha value is -1.90.